The van der Waals surface area contributed by atoms with Gasteiger partial charge in [-0.15, -0.1) is 0 Å². The van der Waals surface area contributed by atoms with Gasteiger partial charge in [0, 0.05) is 31.5 Å². The van der Waals surface area contributed by atoms with E-state index in [0.29, 0.717) is 13.0 Å². The van der Waals surface area contributed by atoms with Gasteiger partial charge in [-0.3, -0.25) is 4.79 Å². The molecule has 0 fully saturated rings. The minimum atomic E-state index is 0.0364. The van der Waals surface area contributed by atoms with Crippen LogP contribution < -0.4 is 10.2 Å². The highest BCUT2D eigenvalue weighted by molar-refractivity contribution is 7.09. The second-order valence-corrected chi connectivity index (χ2v) is 7.15. The maximum absolute atomic E-state index is 12.0. The highest BCUT2D eigenvalue weighted by Crippen LogP contribution is 2.17. The second kappa shape index (κ2) is 10.1. The van der Waals surface area contributed by atoms with Crippen molar-refractivity contribution in [3.63, 3.8) is 0 Å². The molecule has 1 amide bonds. The molecule has 0 unspecified atom stereocenters. The molecule has 5 nitrogen and oxygen atoms in total. The van der Waals surface area contributed by atoms with Crippen LogP contribution in [-0.2, 0) is 11.2 Å². The van der Waals surface area contributed by atoms with E-state index in [9.17, 15) is 4.79 Å². The molecule has 136 valence electrons. The lowest BCUT2D eigenvalue weighted by Crippen LogP contribution is -2.35. The van der Waals surface area contributed by atoms with Crippen molar-refractivity contribution in [2.24, 2.45) is 0 Å². The molecule has 6 heteroatoms. The minimum absolute atomic E-state index is 0.0364. The molecule has 0 saturated carbocycles. The molecule has 0 spiro atoms. The molecule has 0 radical (unpaired) electrons. The number of likely N-dealkylation sites (N-methyl/N-ethyl adjacent to an activating group) is 1. The monoisotopic (exact) mass is 360 g/mol. The highest BCUT2D eigenvalue weighted by Gasteiger charge is 2.12. The van der Waals surface area contributed by atoms with Crippen LogP contribution in [0.5, 0.6) is 0 Å². The number of anilines is 1. The Bertz CT molecular complexity index is 654. The van der Waals surface area contributed by atoms with Gasteiger partial charge in [0.15, 0.2) is 0 Å². The fraction of sp³-hybridized carbons (Fsp3) is 0.526. The molecule has 1 aromatic carbocycles. The summed E-state index contributed by atoms with van der Waals surface area (Å²) in [5.41, 5.74) is 2.44. The molecule has 0 saturated heterocycles. The molecule has 0 aliphatic heterocycles. The summed E-state index contributed by atoms with van der Waals surface area (Å²) in [6.45, 7) is 5.32. The third-order valence-electron chi connectivity index (χ3n) is 4.00. The van der Waals surface area contributed by atoms with Gasteiger partial charge in [0.25, 0.3) is 0 Å². The van der Waals surface area contributed by atoms with E-state index in [-0.39, 0.29) is 5.91 Å². The number of hydrogen-bond acceptors (Lipinski definition) is 5. The Kier molecular flexibility index (Phi) is 7.85. The first kappa shape index (κ1) is 19.4. The van der Waals surface area contributed by atoms with Crippen molar-refractivity contribution >= 4 is 22.6 Å². The highest BCUT2D eigenvalue weighted by atomic mass is 32.1. The Hall–Kier alpha value is -1.95. The predicted octanol–water partition coefficient (Wildman–Crippen LogP) is 3.57. The van der Waals surface area contributed by atoms with E-state index in [2.05, 4.69) is 52.8 Å². The number of rotatable bonds is 10. The van der Waals surface area contributed by atoms with Crippen LogP contribution in [0.3, 0.4) is 0 Å². The van der Waals surface area contributed by atoms with Crippen LogP contribution in [0.25, 0.3) is 0 Å². The molecule has 2 aromatic rings. The first-order chi connectivity index (χ1) is 12.1. The van der Waals surface area contributed by atoms with Gasteiger partial charge >= 0.3 is 0 Å². The number of carbonyl (C=O) groups is 1. The van der Waals surface area contributed by atoms with Crippen molar-refractivity contribution in [2.75, 3.05) is 25.0 Å². The van der Waals surface area contributed by atoms with Crippen LogP contribution in [0.1, 0.15) is 49.6 Å². The summed E-state index contributed by atoms with van der Waals surface area (Å²) >= 11 is 1.34. The third kappa shape index (κ3) is 6.82. The van der Waals surface area contributed by atoms with E-state index in [0.717, 1.165) is 23.9 Å². The fourth-order valence-corrected chi connectivity index (χ4v) is 3.12. The number of carbonyl (C=O) groups excluding carboxylic acids is 1. The Morgan fingerprint density at radius 3 is 2.68 bits per heavy atom. The van der Waals surface area contributed by atoms with Crippen LogP contribution in [0.15, 0.2) is 24.3 Å². The van der Waals surface area contributed by atoms with Crippen LogP contribution in [0.4, 0.5) is 5.13 Å². The van der Waals surface area contributed by atoms with Gasteiger partial charge in [-0.05, 0) is 18.9 Å². The van der Waals surface area contributed by atoms with Gasteiger partial charge in [0.05, 0.1) is 6.54 Å². The largest absolute Gasteiger partial charge is 0.355 e. The number of aryl methyl sites for hydroxylation is 1. The van der Waals surface area contributed by atoms with E-state index >= 15 is 0 Å². The number of aromatic nitrogens is 2. The average Bonchev–Trinajstić information content (AvgIpc) is 3.05. The first-order valence-electron chi connectivity index (χ1n) is 8.94. The predicted molar refractivity (Wildman–Crippen MR) is 104 cm³/mol. The zero-order valence-corrected chi connectivity index (χ0v) is 16.2. The van der Waals surface area contributed by atoms with Crippen molar-refractivity contribution in [3.05, 3.63) is 41.2 Å². The van der Waals surface area contributed by atoms with Gasteiger partial charge in [-0.2, -0.15) is 4.37 Å². The fourth-order valence-electron chi connectivity index (χ4n) is 2.48. The van der Waals surface area contributed by atoms with Gasteiger partial charge in [0.1, 0.15) is 5.82 Å². The number of hydrogen-bond donors (Lipinski definition) is 1. The molecule has 1 aromatic heterocycles. The summed E-state index contributed by atoms with van der Waals surface area (Å²) in [5.74, 6) is 0.838. The summed E-state index contributed by atoms with van der Waals surface area (Å²) in [4.78, 5) is 18.4. The maximum Gasteiger partial charge on any atom is 0.239 e. The quantitative estimate of drug-likeness (QED) is 0.658. The molecule has 0 bridgehead atoms. The van der Waals surface area contributed by atoms with Crippen molar-refractivity contribution in [3.8, 4) is 0 Å². The first-order valence-corrected chi connectivity index (χ1v) is 9.71. The minimum Gasteiger partial charge on any atom is -0.355 e. The number of nitrogens with zero attached hydrogens (tertiary/aromatic N) is 3. The van der Waals surface area contributed by atoms with E-state index in [1.165, 1.54) is 41.9 Å². The van der Waals surface area contributed by atoms with Crippen molar-refractivity contribution < 1.29 is 4.79 Å². The standard InChI is InChI=1S/C19H28N4OS/c1-4-5-6-7-12-20-18(24)14-23(3)19-21-17(22-25-19)13-16-10-8-15(2)9-11-16/h8-11H,4-7,12-14H2,1-3H3,(H,20,24). The van der Waals surface area contributed by atoms with E-state index in [1.54, 1.807) is 0 Å². The number of nitrogens with one attached hydrogen (secondary N) is 1. The van der Waals surface area contributed by atoms with Crippen molar-refractivity contribution in [1.82, 2.24) is 14.7 Å². The van der Waals surface area contributed by atoms with Crippen LogP contribution in [0, 0.1) is 6.92 Å². The van der Waals surface area contributed by atoms with E-state index in [4.69, 9.17) is 0 Å². The lowest BCUT2D eigenvalue weighted by Gasteiger charge is -2.14. The molecule has 1 N–H and O–H groups in total. The van der Waals surface area contributed by atoms with E-state index in [1.807, 2.05) is 11.9 Å². The molecular formula is C19H28N4OS. The molecule has 25 heavy (non-hydrogen) atoms. The van der Waals surface area contributed by atoms with Crippen molar-refractivity contribution in [1.29, 1.82) is 0 Å². The summed E-state index contributed by atoms with van der Waals surface area (Å²) in [6.07, 6.45) is 5.37. The molecule has 0 atom stereocenters. The normalized spacial score (nSPS) is 10.7. The Balaban J connectivity index is 1.78. The van der Waals surface area contributed by atoms with Gasteiger partial charge < -0.3 is 10.2 Å². The smallest absolute Gasteiger partial charge is 0.239 e. The maximum atomic E-state index is 12.0. The summed E-state index contributed by atoms with van der Waals surface area (Å²) in [7, 11) is 1.88. The third-order valence-corrected chi connectivity index (χ3v) is 4.87. The summed E-state index contributed by atoms with van der Waals surface area (Å²) < 4.78 is 4.42. The van der Waals surface area contributed by atoms with E-state index < -0.39 is 0 Å². The molecular weight excluding hydrogens is 332 g/mol. The lowest BCUT2D eigenvalue weighted by atomic mass is 10.1. The Labute approximate surface area is 154 Å². The van der Waals surface area contributed by atoms with Gasteiger partial charge in [-0.25, -0.2) is 4.98 Å². The van der Waals surface area contributed by atoms with Crippen LogP contribution in [0.2, 0.25) is 0 Å². The Morgan fingerprint density at radius 1 is 1.20 bits per heavy atom. The van der Waals surface area contributed by atoms with Crippen LogP contribution in [-0.4, -0.2) is 35.4 Å². The Morgan fingerprint density at radius 2 is 1.96 bits per heavy atom. The molecule has 1 heterocycles. The number of amides is 1. The SMILES string of the molecule is CCCCCCNC(=O)CN(C)c1nc(Cc2ccc(C)cc2)ns1. The zero-order chi connectivity index (χ0) is 18.1. The topological polar surface area (TPSA) is 58.1 Å². The zero-order valence-electron chi connectivity index (χ0n) is 15.4. The second-order valence-electron chi connectivity index (χ2n) is 6.42. The average molecular weight is 361 g/mol. The summed E-state index contributed by atoms with van der Waals surface area (Å²) in [6, 6.07) is 8.40. The van der Waals surface area contributed by atoms with Gasteiger partial charge in [-0.1, -0.05) is 56.0 Å². The lowest BCUT2D eigenvalue weighted by molar-refractivity contribution is -0.119. The molecule has 0 aliphatic rings. The van der Waals surface area contributed by atoms with Crippen LogP contribution >= 0.6 is 11.5 Å². The number of unbranched alkanes of at least 4 members (excludes halogenated alkanes) is 3. The summed E-state index contributed by atoms with van der Waals surface area (Å²) in [5, 5.41) is 3.75. The van der Waals surface area contributed by atoms with Crippen molar-refractivity contribution in [2.45, 2.75) is 46.0 Å². The van der Waals surface area contributed by atoms with Gasteiger partial charge in [0.2, 0.25) is 11.0 Å². The molecule has 2 rings (SSSR count). The molecule has 0 aliphatic carbocycles. The number of benzene rings is 1.